The largest absolute Gasteiger partial charge is 0.273 e. The highest BCUT2D eigenvalue weighted by atomic mass is 32.1. The molecule has 0 saturated heterocycles. The van der Waals surface area contributed by atoms with Crippen LogP contribution in [0.3, 0.4) is 0 Å². The fraction of sp³-hybridized carbons (Fsp3) is 0.450. The molecule has 1 fully saturated rings. The number of thiophene rings is 1. The Hall–Kier alpha value is -2.21. The first-order valence-electron chi connectivity index (χ1n) is 9.24. The van der Waals surface area contributed by atoms with Crippen LogP contribution in [-0.2, 0) is 7.05 Å². The molecular weight excluding hydrogens is 344 g/mol. The van der Waals surface area contributed by atoms with Crippen molar-refractivity contribution >= 4 is 27.5 Å². The van der Waals surface area contributed by atoms with Crippen molar-refractivity contribution < 1.29 is 4.79 Å². The van der Waals surface area contributed by atoms with Gasteiger partial charge in [-0.25, -0.2) is 0 Å². The summed E-state index contributed by atoms with van der Waals surface area (Å²) in [7, 11) is 1.92. The number of pyridine rings is 1. The minimum atomic E-state index is -0.0137. The van der Waals surface area contributed by atoms with Crippen molar-refractivity contribution in [3.8, 4) is 0 Å². The molecule has 3 heterocycles. The van der Waals surface area contributed by atoms with E-state index in [0.29, 0.717) is 6.04 Å². The average molecular weight is 369 g/mol. The Labute approximate surface area is 157 Å². The van der Waals surface area contributed by atoms with Crippen LogP contribution in [0.25, 0.3) is 10.2 Å². The third-order valence-corrected chi connectivity index (χ3v) is 6.30. The maximum absolute atomic E-state index is 13.2. The number of carbonyl (C=O) groups is 1. The normalized spacial score (nSPS) is 16.5. The number of nitrogens with zero attached hydrogens (tertiary/aromatic N) is 4. The molecule has 4 rings (SSSR count). The van der Waals surface area contributed by atoms with Gasteiger partial charge in [-0.3, -0.25) is 19.0 Å². The molecule has 0 N–H and O–H groups in total. The summed E-state index contributed by atoms with van der Waals surface area (Å²) in [4.78, 5) is 19.9. The van der Waals surface area contributed by atoms with E-state index in [1.807, 2.05) is 50.0 Å². The molecule has 6 heteroatoms. The van der Waals surface area contributed by atoms with E-state index in [0.717, 1.165) is 44.7 Å². The van der Waals surface area contributed by atoms with Crippen LogP contribution >= 0.6 is 11.3 Å². The quantitative estimate of drug-likeness (QED) is 0.687. The SMILES string of the molecule is Cc1ccn(C(=O)c2cc3c(C)nn(C)c3s2)c(=NC2CCCCC2)c1. The molecule has 0 radical (unpaired) electrons. The summed E-state index contributed by atoms with van der Waals surface area (Å²) in [5.74, 6) is -0.0137. The van der Waals surface area contributed by atoms with Crippen LogP contribution in [0, 0.1) is 13.8 Å². The van der Waals surface area contributed by atoms with E-state index < -0.39 is 0 Å². The Morgan fingerprint density at radius 3 is 2.73 bits per heavy atom. The summed E-state index contributed by atoms with van der Waals surface area (Å²) in [5.41, 5.74) is 2.85. The van der Waals surface area contributed by atoms with Crippen molar-refractivity contribution in [1.29, 1.82) is 0 Å². The maximum atomic E-state index is 13.2. The van der Waals surface area contributed by atoms with Gasteiger partial charge in [-0.15, -0.1) is 11.3 Å². The number of hydrogen-bond donors (Lipinski definition) is 0. The Balaban J connectivity index is 1.77. The Kier molecular flexibility index (Phi) is 4.53. The molecule has 5 nitrogen and oxygen atoms in total. The maximum Gasteiger partial charge on any atom is 0.273 e. The van der Waals surface area contributed by atoms with Crippen LogP contribution in [0.1, 0.15) is 53.0 Å². The Bertz CT molecular complexity index is 999. The minimum Gasteiger partial charge on any atom is -0.267 e. The van der Waals surface area contributed by atoms with Crippen molar-refractivity contribution in [1.82, 2.24) is 14.3 Å². The fourth-order valence-corrected chi connectivity index (χ4v) is 4.75. The fourth-order valence-electron chi connectivity index (χ4n) is 3.69. The molecule has 0 spiro atoms. The van der Waals surface area contributed by atoms with Gasteiger partial charge in [-0.2, -0.15) is 5.10 Å². The van der Waals surface area contributed by atoms with Crippen LogP contribution in [0.2, 0.25) is 0 Å². The molecule has 3 aromatic rings. The number of rotatable bonds is 2. The summed E-state index contributed by atoms with van der Waals surface area (Å²) in [5, 5.41) is 5.48. The topological polar surface area (TPSA) is 52.2 Å². The summed E-state index contributed by atoms with van der Waals surface area (Å²) >= 11 is 1.50. The van der Waals surface area contributed by atoms with Crippen molar-refractivity contribution in [2.24, 2.45) is 12.0 Å². The van der Waals surface area contributed by atoms with Gasteiger partial charge in [0.1, 0.15) is 10.3 Å². The second-order valence-corrected chi connectivity index (χ2v) is 8.23. The lowest BCUT2D eigenvalue weighted by molar-refractivity contribution is 0.0958. The molecule has 0 aromatic carbocycles. The van der Waals surface area contributed by atoms with E-state index in [1.165, 1.54) is 30.6 Å². The van der Waals surface area contributed by atoms with Gasteiger partial charge < -0.3 is 0 Å². The van der Waals surface area contributed by atoms with Gasteiger partial charge in [-0.05, 0) is 50.5 Å². The first-order valence-corrected chi connectivity index (χ1v) is 10.1. The van der Waals surface area contributed by atoms with Crippen LogP contribution in [0.5, 0.6) is 0 Å². The van der Waals surface area contributed by atoms with Crippen molar-refractivity contribution in [3.05, 3.63) is 46.0 Å². The van der Waals surface area contributed by atoms with Gasteiger partial charge in [0.15, 0.2) is 0 Å². The zero-order valence-electron chi connectivity index (χ0n) is 15.5. The van der Waals surface area contributed by atoms with Crippen molar-refractivity contribution in [2.75, 3.05) is 0 Å². The second kappa shape index (κ2) is 6.83. The molecule has 1 aliphatic carbocycles. The second-order valence-electron chi connectivity index (χ2n) is 7.20. The molecule has 136 valence electrons. The molecular formula is C20H24N4OS. The summed E-state index contributed by atoms with van der Waals surface area (Å²) < 4.78 is 3.55. The summed E-state index contributed by atoms with van der Waals surface area (Å²) in [6, 6.07) is 6.28. The van der Waals surface area contributed by atoms with Gasteiger partial charge >= 0.3 is 0 Å². The predicted octanol–water partition coefficient (Wildman–Crippen LogP) is 3.98. The Morgan fingerprint density at radius 2 is 2.00 bits per heavy atom. The molecule has 1 aliphatic rings. The van der Waals surface area contributed by atoms with Gasteiger partial charge in [0.05, 0.1) is 16.6 Å². The highest BCUT2D eigenvalue weighted by Crippen LogP contribution is 2.28. The van der Waals surface area contributed by atoms with Gasteiger partial charge in [0, 0.05) is 18.6 Å². The van der Waals surface area contributed by atoms with E-state index in [1.54, 1.807) is 4.57 Å². The summed E-state index contributed by atoms with van der Waals surface area (Å²) in [6.07, 6.45) is 7.86. The highest BCUT2D eigenvalue weighted by molar-refractivity contribution is 7.20. The molecule has 26 heavy (non-hydrogen) atoms. The minimum absolute atomic E-state index is 0.0137. The Morgan fingerprint density at radius 1 is 1.23 bits per heavy atom. The lowest BCUT2D eigenvalue weighted by Gasteiger charge is -2.18. The van der Waals surface area contributed by atoms with Crippen LogP contribution in [-0.4, -0.2) is 26.3 Å². The number of aryl methyl sites for hydroxylation is 3. The third kappa shape index (κ3) is 3.14. The number of carbonyl (C=O) groups excluding carboxylic acids is 1. The van der Waals surface area contributed by atoms with E-state index >= 15 is 0 Å². The molecule has 0 aliphatic heterocycles. The smallest absolute Gasteiger partial charge is 0.267 e. The van der Waals surface area contributed by atoms with Crippen LogP contribution in [0.4, 0.5) is 0 Å². The van der Waals surface area contributed by atoms with Gasteiger partial charge in [0.2, 0.25) is 0 Å². The molecule has 0 atom stereocenters. The molecule has 0 bridgehead atoms. The van der Waals surface area contributed by atoms with Crippen molar-refractivity contribution in [2.45, 2.75) is 52.0 Å². The third-order valence-electron chi connectivity index (χ3n) is 5.11. The number of hydrogen-bond acceptors (Lipinski definition) is 4. The zero-order chi connectivity index (χ0) is 18.3. The van der Waals surface area contributed by atoms with E-state index in [4.69, 9.17) is 4.99 Å². The molecule has 1 saturated carbocycles. The number of aromatic nitrogens is 3. The lowest BCUT2D eigenvalue weighted by Crippen LogP contribution is -2.29. The first-order chi connectivity index (χ1) is 12.5. The highest BCUT2D eigenvalue weighted by Gasteiger charge is 2.18. The van der Waals surface area contributed by atoms with Gasteiger partial charge in [0.25, 0.3) is 5.91 Å². The predicted molar refractivity (Wildman–Crippen MR) is 105 cm³/mol. The summed E-state index contributed by atoms with van der Waals surface area (Å²) in [6.45, 7) is 4.02. The monoisotopic (exact) mass is 368 g/mol. The van der Waals surface area contributed by atoms with Crippen LogP contribution < -0.4 is 5.49 Å². The molecule has 0 unspecified atom stereocenters. The first kappa shape index (κ1) is 17.2. The van der Waals surface area contributed by atoms with E-state index in [2.05, 4.69) is 5.10 Å². The van der Waals surface area contributed by atoms with Gasteiger partial charge in [-0.1, -0.05) is 19.3 Å². The average Bonchev–Trinajstić information content (AvgIpc) is 3.17. The van der Waals surface area contributed by atoms with Crippen molar-refractivity contribution in [3.63, 3.8) is 0 Å². The molecule has 0 amide bonds. The van der Waals surface area contributed by atoms with E-state index in [9.17, 15) is 4.79 Å². The number of fused-ring (bicyclic) bond motifs is 1. The zero-order valence-corrected chi connectivity index (χ0v) is 16.3. The van der Waals surface area contributed by atoms with E-state index in [-0.39, 0.29) is 5.91 Å². The lowest BCUT2D eigenvalue weighted by atomic mass is 9.96. The molecule has 3 aromatic heterocycles. The standard InChI is InChI=1S/C20H24N4OS/c1-13-9-10-24(18(11-13)21-15-7-5-4-6-8-15)19(25)17-12-16-14(2)22-23(3)20(16)26-17/h9-12,15H,4-8H2,1-3H3. The van der Waals surface area contributed by atoms with Crippen LogP contribution in [0.15, 0.2) is 29.4 Å².